The van der Waals surface area contributed by atoms with E-state index in [9.17, 15) is 4.79 Å². The Labute approximate surface area is 78.5 Å². The van der Waals surface area contributed by atoms with E-state index in [0.29, 0.717) is 5.92 Å². The maximum Gasteiger partial charge on any atom is 0.324 e. The largest absolute Gasteiger partial charge is 0.468 e. The SMILES string of the molecule is COC(=O)[C@@H]1CN1[C@@H](CO)C(C)C. The van der Waals surface area contributed by atoms with Crippen molar-refractivity contribution >= 4 is 5.97 Å². The van der Waals surface area contributed by atoms with E-state index in [0.717, 1.165) is 6.54 Å². The molecule has 1 heterocycles. The molecule has 0 aromatic heterocycles. The average Bonchev–Trinajstić information content (AvgIpc) is 2.84. The summed E-state index contributed by atoms with van der Waals surface area (Å²) in [6.45, 7) is 4.89. The van der Waals surface area contributed by atoms with Gasteiger partial charge in [0, 0.05) is 12.6 Å². The summed E-state index contributed by atoms with van der Waals surface area (Å²) in [6, 6.07) is -0.0337. The van der Waals surface area contributed by atoms with Crippen molar-refractivity contribution in [1.29, 1.82) is 0 Å². The summed E-state index contributed by atoms with van der Waals surface area (Å²) in [4.78, 5) is 13.1. The normalized spacial score (nSPS) is 28.7. The summed E-state index contributed by atoms with van der Waals surface area (Å²) in [5.41, 5.74) is 0. The molecule has 0 radical (unpaired) electrons. The van der Waals surface area contributed by atoms with Crippen molar-refractivity contribution < 1.29 is 14.6 Å². The Kier molecular flexibility index (Phi) is 3.27. The minimum absolute atomic E-state index is 0.0871. The van der Waals surface area contributed by atoms with Gasteiger partial charge in [-0.2, -0.15) is 0 Å². The highest BCUT2D eigenvalue weighted by Gasteiger charge is 2.46. The first-order valence-corrected chi connectivity index (χ1v) is 4.56. The fraction of sp³-hybridized carbons (Fsp3) is 0.889. The predicted molar refractivity (Wildman–Crippen MR) is 48.2 cm³/mol. The van der Waals surface area contributed by atoms with Crippen molar-refractivity contribution in [1.82, 2.24) is 4.90 Å². The van der Waals surface area contributed by atoms with Gasteiger partial charge in [-0.05, 0) is 5.92 Å². The van der Waals surface area contributed by atoms with Crippen LogP contribution in [0, 0.1) is 5.92 Å². The van der Waals surface area contributed by atoms with Gasteiger partial charge in [0.25, 0.3) is 0 Å². The molecule has 1 unspecified atom stereocenters. The van der Waals surface area contributed by atoms with E-state index in [2.05, 4.69) is 4.74 Å². The van der Waals surface area contributed by atoms with Crippen LogP contribution >= 0.6 is 0 Å². The van der Waals surface area contributed by atoms with Crippen molar-refractivity contribution in [2.75, 3.05) is 20.3 Å². The standard InChI is InChI=1S/C9H17NO3/c1-6(2)8(5-11)10-4-7(10)9(12)13-3/h6-8,11H,4-5H2,1-3H3/t7-,8-,10?/m0/s1. The number of aliphatic hydroxyl groups excluding tert-OH is 1. The molecule has 0 aromatic rings. The highest BCUT2D eigenvalue weighted by atomic mass is 16.5. The third kappa shape index (κ3) is 2.19. The van der Waals surface area contributed by atoms with Crippen LogP contribution in [0.1, 0.15) is 13.8 Å². The first-order chi connectivity index (χ1) is 6.11. The third-order valence-corrected chi connectivity index (χ3v) is 2.51. The van der Waals surface area contributed by atoms with Crippen LogP contribution in [0.5, 0.6) is 0 Å². The number of rotatable bonds is 4. The molecule has 0 amide bonds. The first kappa shape index (κ1) is 10.5. The Morgan fingerprint density at radius 2 is 2.31 bits per heavy atom. The number of hydrogen-bond acceptors (Lipinski definition) is 4. The molecule has 13 heavy (non-hydrogen) atoms. The van der Waals surface area contributed by atoms with E-state index in [1.807, 2.05) is 18.7 Å². The van der Waals surface area contributed by atoms with Gasteiger partial charge >= 0.3 is 5.97 Å². The molecule has 1 aliphatic heterocycles. The number of nitrogens with zero attached hydrogens (tertiary/aromatic N) is 1. The molecular formula is C9H17NO3. The summed E-state index contributed by atoms with van der Waals surface area (Å²) >= 11 is 0. The van der Waals surface area contributed by atoms with E-state index in [1.54, 1.807) is 0 Å². The molecule has 1 saturated heterocycles. The van der Waals surface area contributed by atoms with Crippen LogP contribution in [0.25, 0.3) is 0 Å². The zero-order valence-electron chi connectivity index (χ0n) is 8.36. The van der Waals surface area contributed by atoms with Crippen LogP contribution in [0.3, 0.4) is 0 Å². The van der Waals surface area contributed by atoms with Gasteiger partial charge < -0.3 is 9.84 Å². The van der Waals surface area contributed by atoms with Gasteiger partial charge in [-0.25, -0.2) is 0 Å². The van der Waals surface area contributed by atoms with Crippen LogP contribution in [0.15, 0.2) is 0 Å². The molecule has 76 valence electrons. The summed E-state index contributed by atoms with van der Waals surface area (Å²) in [6.07, 6.45) is 0. The molecule has 3 atom stereocenters. The molecule has 0 spiro atoms. The Bertz CT molecular complexity index is 193. The van der Waals surface area contributed by atoms with Gasteiger partial charge in [0.05, 0.1) is 13.7 Å². The second-order valence-corrected chi connectivity index (χ2v) is 3.73. The number of hydrogen-bond donors (Lipinski definition) is 1. The van der Waals surface area contributed by atoms with Crippen molar-refractivity contribution in [2.45, 2.75) is 25.9 Å². The van der Waals surface area contributed by atoms with Crippen molar-refractivity contribution in [3.8, 4) is 0 Å². The lowest BCUT2D eigenvalue weighted by Crippen LogP contribution is -2.32. The van der Waals surface area contributed by atoms with Gasteiger partial charge in [-0.15, -0.1) is 0 Å². The summed E-state index contributed by atoms with van der Waals surface area (Å²) in [5, 5.41) is 9.09. The van der Waals surface area contributed by atoms with Gasteiger partial charge in [-0.3, -0.25) is 9.69 Å². The lowest BCUT2D eigenvalue weighted by molar-refractivity contribution is -0.141. The minimum Gasteiger partial charge on any atom is -0.468 e. The first-order valence-electron chi connectivity index (χ1n) is 4.56. The quantitative estimate of drug-likeness (QED) is 0.491. The number of ether oxygens (including phenoxy) is 1. The van der Waals surface area contributed by atoms with Crippen molar-refractivity contribution in [3.05, 3.63) is 0 Å². The smallest absolute Gasteiger partial charge is 0.324 e. The molecule has 1 fully saturated rings. The maximum absolute atomic E-state index is 11.1. The average molecular weight is 187 g/mol. The van der Waals surface area contributed by atoms with Crippen LogP contribution in [-0.2, 0) is 9.53 Å². The summed E-state index contributed by atoms with van der Waals surface area (Å²) < 4.78 is 4.62. The maximum atomic E-state index is 11.1. The highest BCUT2D eigenvalue weighted by molar-refractivity contribution is 5.79. The molecule has 1 rings (SSSR count). The second-order valence-electron chi connectivity index (χ2n) is 3.73. The van der Waals surface area contributed by atoms with Crippen molar-refractivity contribution in [3.63, 3.8) is 0 Å². The van der Waals surface area contributed by atoms with Crippen LogP contribution in [0.4, 0.5) is 0 Å². The van der Waals surface area contributed by atoms with Crippen molar-refractivity contribution in [2.24, 2.45) is 5.92 Å². The molecule has 0 aromatic carbocycles. The molecule has 0 bridgehead atoms. The van der Waals surface area contributed by atoms with Gasteiger partial charge in [0.15, 0.2) is 0 Å². The zero-order valence-corrected chi connectivity index (χ0v) is 8.36. The van der Waals surface area contributed by atoms with E-state index < -0.39 is 0 Å². The number of aliphatic hydroxyl groups is 1. The second kappa shape index (κ2) is 4.07. The highest BCUT2D eigenvalue weighted by Crippen LogP contribution is 2.26. The number of methoxy groups -OCH3 is 1. The Balaban J connectivity index is 2.44. The fourth-order valence-electron chi connectivity index (χ4n) is 1.56. The van der Waals surface area contributed by atoms with Gasteiger partial charge in [0.1, 0.15) is 6.04 Å². The molecule has 0 aliphatic carbocycles. The third-order valence-electron chi connectivity index (χ3n) is 2.51. The van der Waals surface area contributed by atoms with E-state index >= 15 is 0 Å². The molecule has 1 N–H and O–H groups in total. The number of carbonyl (C=O) groups excluding carboxylic acids is 1. The fourth-order valence-corrected chi connectivity index (χ4v) is 1.56. The van der Waals surface area contributed by atoms with E-state index in [4.69, 9.17) is 5.11 Å². The lowest BCUT2D eigenvalue weighted by Gasteiger charge is -2.19. The molecule has 0 saturated carbocycles. The van der Waals surface area contributed by atoms with Gasteiger partial charge in [-0.1, -0.05) is 13.8 Å². The number of esters is 1. The molecular weight excluding hydrogens is 170 g/mol. The zero-order chi connectivity index (χ0) is 10.0. The lowest BCUT2D eigenvalue weighted by atomic mass is 10.1. The predicted octanol–water partition coefficient (Wildman–Crippen LogP) is -0.140. The van der Waals surface area contributed by atoms with E-state index in [-0.39, 0.29) is 24.7 Å². The Morgan fingerprint density at radius 3 is 2.69 bits per heavy atom. The van der Waals surface area contributed by atoms with Crippen LogP contribution < -0.4 is 0 Å². The topological polar surface area (TPSA) is 49.5 Å². The summed E-state index contributed by atoms with van der Waals surface area (Å²) in [7, 11) is 1.39. The molecule has 1 aliphatic rings. The molecule has 4 nitrogen and oxygen atoms in total. The van der Waals surface area contributed by atoms with E-state index in [1.165, 1.54) is 7.11 Å². The van der Waals surface area contributed by atoms with Gasteiger partial charge in [0.2, 0.25) is 0 Å². The van der Waals surface area contributed by atoms with Crippen LogP contribution in [0.2, 0.25) is 0 Å². The Hall–Kier alpha value is -0.610. The Morgan fingerprint density at radius 1 is 1.69 bits per heavy atom. The monoisotopic (exact) mass is 187 g/mol. The van der Waals surface area contributed by atoms with Crippen LogP contribution in [-0.4, -0.2) is 48.3 Å². The minimum atomic E-state index is -0.195. The number of carbonyl (C=O) groups is 1. The summed E-state index contributed by atoms with van der Waals surface area (Å²) in [5.74, 6) is 0.166. The molecule has 4 heteroatoms.